The summed E-state index contributed by atoms with van der Waals surface area (Å²) in [7, 11) is 0. The van der Waals surface area contributed by atoms with E-state index >= 15 is 0 Å². The van der Waals surface area contributed by atoms with E-state index in [0.717, 1.165) is 11.1 Å². The van der Waals surface area contributed by atoms with Crippen LogP contribution in [0, 0.1) is 0 Å². The summed E-state index contributed by atoms with van der Waals surface area (Å²) in [5, 5.41) is 2.73. The Morgan fingerprint density at radius 1 is 0.812 bits per heavy atom. The first-order chi connectivity index (χ1) is 15.6. The van der Waals surface area contributed by atoms with Gasteiger partial charge >= 0.3 is 5.97 Å². The van der Waals surface area contributed by atoms with Crippen molar-refractivity contribution in [2.24, 2.45) is 0 Å². The van der Waals surface area contributed by atoms with Gasteiger partial charge in [-0.1, -0.05) is 72.8 Å². The highest BCUT2D eigenvalue weighted by Crippen LogP contribution is 2.23. The van der Waals surface area contributed by atoms with Gasteiger partial charge in [0.1, 0.15) is 5.75 Å². The van der Waals surface area contributed by atoms with Crippen molar-refractivity contribution in [1.29, 1.82) is 0 Å². The number of benzene rings is 3. The molecule has 0 unspecified atom stereocenters. The fourth-order valence-electron chi connectivity index (χ4n) is 3.26. The smallest absolute Gasteiger partial charge is 0.320 e. The number of hydrogen-bond donors (Lipinski definition) is 1. The zero-order valence-corrected chi connectivity index (χ0v) is 18.2. The molecule has 0 bridgehead atoms. The van der Waals surface area contributed by atoms with Crippen LogP contribution in [0.1, 0.15) is 18.1 Å². The molecule has 0 radical (unpaired) electrons. The summed E-state index contributed by atoms with van der Waals surface area (Å²) in [5.41, 5.74) is 2.74. The molecule has 0 saturated carbocycles. The fourth-order valence-corrected chi connectivity index (χ4v) is 3.26. The second-order valence-electron chi connectivity index (χ2n) is 7.25. The minimum atomic E-state index is -0.454. The van der Waals surface area contributed by atoms with Gasteiger partial charge in [-0.05, 0) is 30.2 Å². The number of hydrogen-bond acceptors (Lipinski definition) is 5. The Bertz CT molecular complexity index is 951. The van der Waals surface area contributed by atoms with Crippen LogP contribution in [0.2, 0.25) is 0 Å². The van der Waals surface area contributed by atoms with E-state index in [1.54, 1.807) is 18.2 Å². The third-order valence-electron chi connectivity index (χ3n) is 4.68. The Labute approximate surface area is 188 Å². The lowest BCUT2D eigenvalue weighted by Gasteiger charge is -2.21. The van der Waals surface area contributed by atoms with Gasteiger partial charge in [0.2, 0.25) is 0 Å². The number of anilines is 1. The Morgan fingerprint density at radius 3 is 1.97 bits per heavy atom. The van der Waals surface area contributed by atoms with Crippen molar-refractivity contribution in [2.45, 2.75) is 20.0 Å². The molecule has 0 fully saturated rings. The van der Waals surface area contributed by atoms with Crippen molar-refractivity contribution in [2.75, 3.05) is 25.1 Å². The second kappa shape index (κ2) is 12.3. The number of ether oxygens (including phenoxy) is 2. The Morgan fingerprint density at radius 2 is 1.38 bits per heavy atom. The van der Waals surface area contributed by atoms with Gasteiger partial charge in [0.05, 0.1) is 18.8 Å². The minimum Gasteiger partial charge on any atom is -0.492 e. The molecule has 6 heteroatoms. The van der Waals surface area contributed by atoms with Crippen LogP contribution >= 0.6 is 0 Å². The van der Waals surface area contributed by atoms with E-state index in [4.69, 9.17) is 9.47 Å². The number of carbonyl (C=O) groups excluding carboxylic acids is 2. The molecule has 0 aliphatic heterocycles. The van der Waals surface area contributed by atoms with E-state index in [1.807, 2.05) is 78.6 Å². The SMILES string of the molecule is CCOc1ccccc1NC(=O)COC(=O)CN(Cc1ccccc1)Cc1ccccc1. The maximum absolute atomic E-state index is 12.5. The molecular formula is C26H28N2O4. The van der Waals surface area contributed by atoms with Crippen molar-refractivity contribution in [1.82, 2.24) is 4.90 Å². The van der Waals surface area contributed by atoms with Crippen LogP contribution < -0.4 is 10.1 Å². The molecule has 0 saturated heterocycles. The highest BCUT2D eigenvalue weighted by molar-refractivity contribution is 5.94. The van der Waals surface area contributed by atoms with E-state index in [1.165, 1.54) is 0 Å². The van der Waals surface area contributed by atoms with E-state index in [-0.39, 0.29) is 13.2 Å². The third kappa shape index (κ3) is 7.56. The van der Waals surface area contributed by atoms with Gasteiger partial charge in [0.25, 0.3) is 5.91 Å². The predicted octanol–water partition coefficient (Wildman–Crippen LogP) is 4.27. The number of nitrogens with zero attached hydrogens (tertiary/aromatic N) is 1. The maximum Gasteiger partial charge on any atom is 0.320 e. The number of rotatable bonds is 11. The summed E-state index contributed by atoms with van der Waals surface area (Å²) in [6, 6.07) is 27.0. The normalized spacial score (nSPS) is 10.6. The van der Waals surface area contributed by atoms with Crippen LogP contribution in [0.4, 0.5) is 5.69 Å². The first-order valence-electron chi connectivity index (χ1n) is 10.6. The molecule has 3 aromatic carbocycles. The first-order valence-corrected chi connectivity index (χ1v) is 10.6. The predicted molar refractivity (Wildman–Crippen MR) is 124 cm³/mol. The quantitative estimate of drug-likeness (QED) is 0.459. The van der Waals surface area contributed by atoms with E-state index in [9.17, 15) is 9.59 Å². The summed E-state index contributed by atoms with van der Waals surface area (Å²) >= 11 is 0. The molecule has 0 spiro atoms. The molecule has 1 N–H and O–H groups in total. The van der Waals surface area contributed by atoms with Gasteiger partial charge in [0.15, 0.2) is 6.61 Å². The number of nitrogens with one attached hydrogen (secondary N) is 1. The number of para-hydroxylation sites is 2. The van der Waals surface area contributed by atoms with E-state index in [0.29, 0.717) is 31.1 Å². The zero-order valence-electron chi connectivity index (χ0n) is 18.2. The van der Waals surface area contributed by atoms with Crippen LogP contribution in [0.3, 0.4) is 0 Å². The number of esters is 1. The Hall–Kier alpha value is -3.64. The summed E-state index contributed by atoms with van der Waals surface area (Å²) in [5.74, 6) is -0.292. The molecule has 32 heavy (non-hydrogen) atoms. The average molecular weight is 433 g/mol. The maximum atomic E-state index is 12.5. The monoisotopic (exact) mass is 432 g/mol. The molecule has 0 aromatic heterocycles. The molecule has 3 aromatic rings. The van der Waals surface area contributed by atoms with Crippen LogP contribution in [0.5, 0.6) is 5.75 Å². The van der Waals surface area contributed by atoms with Gasteiger partial charge < -0.3 is 14.8 Å². The minimum absolute atomic E-state index is 0.0760. The lowest BCUT2D eigenvalue weighted by molar-refractivity contribution is -0.148. The van der Waals surface area contributed by atoms with Crippen molar-refractivity contribution in [3.63, 3.8) is 0 Å². The molecule has 0 atom stereocenters. The van der Waals surface area contributed by atoms with Gasteiger partial charge in [-0.25, -0.2) is 0 Å². The van der Waals surface area contributed by atoms with Gasteiger partial charge in [-0.3, -0.25) is 14.5 Å². The third-order valence-corrected chi connectivity index (χ3v) is 4.68. The van der Waals surface area contributed by atoms with Crippen LogP contribution in [0.15, 0.2) is 84.9 Å². The average Bonchev–Trinajstić information content (AvgIpc) is 2.80. The molecule has 3 rings (SSSR count). The summed E-state index contributed by atoms with van der Waals surface area (Å²) in [6.07, 6.45) is 0. The van der Waals surface area contributed by atoms with Crippen molar-refractivity contribution >= 4 is 17.6 Å². The van der Waals surface area contributed by atoms with Crippen LogP contribution in [-0.2, 0) is 27.4 Å². The number of amides is 1. The summed E-state index contributed by atoms with van der Waals surface area (Å²) in [6.45, 7) is 3.27. The summed E-state index contributed by atoms with van der Waals surface area (Å²) in [4.78, 5) is 26.8. The summed E-state index contributed by atoms with van der Waals surface area (Å²) < 4.78 is 10.7. The lowest BCUT2D eigenvalue weighted by Crippen LogP contribution is -2.32. The van der Waals surface area contributed by atoms with Gasteiger partial charge in [0, 0.05) is 13.1 Å². The topological polar surface area (TPSA) is 67.9 Å². The molecular weight excluding hydrogens is 404 g/mol. The lowest BCUT2D eigenvalue weighted by atomic mass is 10.1. The van der Waals surface area contributed by atoms with Crippen molar-refractivity contribution in [3.05, 3.63) is 96.1 Å². The van der Waals surface area contributed by atoms with Crippen molar-refractivity contribution in [3.8, 4) is 5.75 Å². The standard InChI is InChI=1S/C26H28N2O4/c1-2-31-24-16-10-9-15-23(24)27-25(29)20-32-26(30)19-28(17-21-11-5-3-6-12-21)18-22-13-7-4-8-14-22/h3-16H,2,17-20H2,1H3,(H,27,29). The highest BCUT2D eigenvalue weighted by Gasteiger charge is 2.15. The molecule has 0 aliphatic carbocycles. The van der Waals surface area contributed by atoms with Crippen molar-refractivity contribution < 1.29 is 19.1 Å². The highest BCUT2D eigenvalue weighted by atomic mass is 16.5. The molecule has 1 amide bonds. The van der Waals surface area contributed by atoms with Crippen LogP contribution in [0.25, 0.3) is 0 Å². The molecule has 0 aliphatic rings. The van der Waals surface area contributed by atoms with Gasteiger partial charge in [-0.15, -0.1) is 0 Å². The fraction of sp³-hybridized carbons (Fsp3) is 0.231. The second-order valence-corrected chi connectivity index (χ2v) is 7.25. The first kappa shape index (κ1) is 23.0. The zero-order chi connectivity index (χ0) is 22.6. The van der Waals surface area contributed by atoms with E-state index in [2.05, 4.69) is 5.32 Å². The van der Waals surface area contributed by atoms with E-state index < -0.39 is 11.9 Å². The Balaban J connectivity index is 1.55. The molecule has 6 nitrogen and oxygen atoms in total. The van der Waals surface area contributed by atoms with Crippen LogP contribution in [-0.4, -0.2) is 36.5 Å². The Kier molecular flexibility index (Phi) is 8.83. The largest absolute Gasteiger partial charge is 0.492 e. The van der Waals surface area contributed by atoms with Gasteiger partial charge in [-0.2, -0.15) is 0 Å². The molecule has 0 heterocycles. The number of carbonyl (C=O) groups is 2. The molecule has 166 valence electrons.